The fourth-order valence-corrected chi connectivity index (χ4v) is 2.72. The Kier molecular flexibility index (Phi) is 4.58. The molecule has 1 aromatic rings. The van der Waals surface area contributed by atoms with E-state index in [1.165, 1.54) is 0 Å². The molecule has 0 aliphatic carbocycles. The van der Waals surface area contributed by atoms with Crippen molar-refractivity contribution in [2.24, 2.45) is 0 Å². The molecule has 0 aromatic heterocycles. The lowest BCUT2D eigenvalue weighted by atomic mass is 10.0. The second-order valence-electron chi connectivity index (χ2n) is 4.37. The number of carbonyl (C=O) groups is 1. The number of hydrogen-bond acceptors (Lipinski definition) is 3. The van der Waals surface area contributed by atoms with E-state index >= 15 is 0 Å². The summed E-state index contributed by atoms with van der Waals surface area (Å²) in [4.78, 5) is 12.5. The van der Waals surface area contributed by atoms with Gasteiger partial charge in [0.15, 0.2) is 0 Å². The number of amides is 1. The minimum Gasteiger partial charge on any atom is -0.378 e. The average molecular weight is 360 g/mol. The molecule has 18 heavy (non-hydrogen) atoms. The molecule has 1 heterocycles. The molecule has 1 aliphatic rings. The third-order valence-electron chi connectivity index (χ3n) is 3.12. The van der Waals surface area contributed by atoms with Crippen molar-refractivity contribution in [1.82, 2.24) is 10.4 Å². The van der Waals surface area contributed by atoms with Gasteiger partial charge in [-0.25, -0.2) is 5.43 Å². The van der Waals surface area contributed by atoms with Crippen molar-refractivity contribution in [3.63, 3.8) is 0 Å². The summed E-state index contributed by atoms with van der Waals surface area (Å²) in [5.41, 5.74) is 6.07. The molecule has 4 nitrogen and oxygen atoms in total. The van der Waals surface area contributed by atoms with E-state index in [2.05, 4.69) is 34.1 Å². The summed E-state index contributed by atoms with van der Waals surface area (Å²) < 4.78 is 6.42. The molecular weight excluding hydrogens is 343 g/mol. The standard InChI is InChI=1S/C13H17IN2O2/c1-9-7-11(14)8-12(10(9)2)13(17)16-4-6-18-5-3-15-16/h7-8,15H,3-6H2,1-2H3. The number of hydrazine groups is 1. The van der Waals surface area contributed by atoms with Crippen LogP contribution in [0.15, 0.2) is 12.1 Å². The molecule has 1 saturated heterocycles. The maximum Gasteiger partial charge on any atom is 0.268 e. The maximum absolute atomic E-state index is 12.5. The predicted molar refractivity (Wildman–Crippen MR) is 78.5 cm³/mol. The molecule has 0 radical (unpaired) electrons. The molecule has 5 heteroatoms. The number of nitrogens with zero attached hydrogens (tertiary/aromatic N) is 1. The van der Waals surface area contributed by atoms with Crippen LogP contribution in [0.25, 0.3) is 0 Å². The number of carbonyl (C=O) groups excluding carboxylic acids is 1. The monoisotopic (exact) mass is 360 g/mol. The molecule has 2 rings (SSSR count). The lowest BCUT2D eigenvalue weighted by Gasteiger charge is -2.22. The van der Waals surface area contributed by atoms with Crippen LogP contribution in [0.3, 0.4) is 0 Å². The molecule has 0 atom stereocenters. The molecule has 1 aromatic carbocycles. The highest BCUT2D eigenvalue weighted by atomic mass is 127. The first kappa shape index (κ1) is 13.8. The Balaban J connectivity index is 2.27. The van der Waals surface area contributed by atoms with Gasteiger partial charge in [0.1, 0.15) is 0 Å². The first-order chi connectivity index (χ1) is 8.59. The summed E-state index contributed by atoms with van der Waals surface area (Å²) in [7, 11) is 0. The fourth-order valence-electron chi connectivity index (χ4n) is 1.95. The van der Waals surface area contributed by atoms with Gasteiger partial charge in [-0.3, -0.25) is 9.80 Å². The van der Waals surface area contributed by atoms with Gasteiger partial charge in [-0.1, -0.05) is 0 Å². The predicted octanol–water partition coefficient (Wildman–Crippen LogP) is 1.89. The summed E-state index contributed by atoms with van der Waals surface area (Å²) in [6, 6.07) is 4.03. The van der Waals surface area contributed by atoms with E-state index in [9.17, 15) is 4.79 Å². The Morgan fingerprint density at radius 2 is 2.17 bits per heavy atom. The summed E-state index contributed by atoms with van der Waals surface area (Å²) in [6.45, 7) is 6.52. The highest BCUT2D eigenvalue weighted by molar-refractivity contribution is 14.1. The Morgan fingerprint density at radius 1 is 1.39 bits per heavy atom. The lowest BCUT2D eigenvalue weighted by Crippen LogP contribution is -2.43. The Morgan fingerprint density at radius 3 is 2.94 bits per heavy atom. The minimum absolute atomic E-state index is 0.0274. The lowest BCUT2D eigenvalue weighted by molar-refractivity contribution is 0.0659. The van der Waals surface area contributed by atoms with E-state index in [-0.39, 0.29) is 5.91 Å². The van der Waals surface area contributed by atoms with Gasteiger partial charge in [-0.15, -0.1) is 0 Å². The molecule has 1 aliphatic heterocycles. The Bertz CT molecular complexity index is 455. The van der Waals surface area contributed by atoms with Gasteiger partial charge in [0.25, 0.3) is 5.91 Å². The van der Waals surface area contributed by atoms with Crippen molar-refractivity contribution in [2.45, 2.75) is 13.8 Å². The number of ether oxygens (including phenoxy) is 1. The number of halogens is 1. The van der Waals surface area contributed by atoms with Crippen LogP contribution in [-0.4, -0.2) is 37.2 Å². The van der Waals surface area contributed by atoms with Crippen molar-refractivity contribution >= 4 is 28.5 Å². The summed E-state index contributed by atoms with van der Waals surface area (Å²) in [5, 5.41) is 1.66. The van der Waals surface area contributed by atoms with Gasteiger partial charge in [0.05, 0.1) is 19.8 Å². The van der Waals surface area contributed by atoms with E-state index in [1.54, 1.807) is 5.01 Å². The van der Waals surface area contributed by atoms with Crippen molar-refractivity contribution in [3.8, 4) is 0 Å². The summed E-state index contributed by atoms with van der Waals surface area (Å²) >= 11 is 2.24. The summed E-state index contributed by atoms with van der Waals surface area (Å²) in [5.74, 6) is 0.0274. The first-order valence-electron chi connectivity index (χ1n) is 5.99. The van der Waals surface area contributed by atoms with Gasteiger partial charge in [0.2, 0.25) is 0 Å². The molecule has 1 fully saturated rings. The molecule has 0 unspecified atom stereocenters. The normalized spacial score (nSPS) is 16.5. The Labute approximate surface area is 121 Å². The van der Waals surface area contributed by atoms with Crippen molar-refractivity contribution in [2.75, 3.05) is 26.3 Å². The molecule has 1 amide bonds. The summed E-state index contributed by atoms with van der Waals surface area (Å²) in [6.07, 6.45) is 0. The number of nitrogens with one attached hydrogen (secondary N) is 1. The van der Waals surface area contributed by atoms with Crippen LogP contribution in [0.1, 0.15) is 21.5 Å². The van der Waals surface area contributed by atoms with Crippen LogP contribution in [0.4, 0.5) is 0 Å². The molecular formula is C13H17IN2O2. The van der Waals surface area contributed by atoms with Gasteiger partial charge in [-0.2, -0.15) is 0 Å². The zero-order valence-electron chi connectivity index (χ0n) is 10.6. The molecule has 0 spiro atoms. The number of aryl methyl sites for hydroxylation is 1. The zero-order chi connectivity index (χ0) is 13.1. The highest BCUT2D eigenvalue weighted by Crippen LogP contribution is 2.19. The van der Waals surface area contributed by atoms with Gasteiger partial charge in [-0.05, 0) is 59.7 Å². The topological polar surface area (TPSA) is 41.6 Å². The number of rotatable bonds is 1. The smallest absolute Gasteiger partial charge is 0.268 e. The van der Waals surface area contributed by atoms with Crippen LogP contribution in [-0.2, 0) is 4.74 Å². The van der Waals surface area contributed by atoms with Crippen LogP contribution in [0, 0.1) is 17.4 Å². The van der Waals surface area contributed by atoms with E-state index in [1.807, 2.05) is 19.9 Å². The van der Waals surface area contributed by atoms with Crippen molar-refractivity contribution in [1.29, 1.82) is 0 Å². The number of hydrogen-bond donors (Lipinski definition) is 1. The molecule has 98 valence electrons. The van der Waals surface area contributed by atoms with Crippen LogP contribution >= 0.6 is 22.6 Å². The third kappa shape index (κ3) is 3.02. The van der Waals surface area contributed by atoms with Crippen LogP contribution in [0.5, 0.6) is 0 Å². The molecule has 0 saturated carbocycles. The van der Waals surface area contributed by atoms with Crippen molar-refractivity contribution < 1.29 is 9.53 Å². The average Bonchev–Trinajstić information content (AvgIpc) is 2.61. The van der Waals surface area contributed by atoms with Crippen LogP contribution < -0.4 is 5.43 Å². The molecule has 0 bridgehead atoms. The second-order valence-corrected chi connectivity index (χ2v) is 5.62. The third-order valence-corrected chi connectivity index (χ3v) is 3.74. The highest BCUT2D eigenvalue weighted by Gasteiger charge is 2.20. The van der Waals surface area contributed by atoms with Gasteiger partial charge < -0.3 is 4.74 Å². The first-order valence-corrected chi connectivity index (χ1v) is 7.07. The molecule has 1 N–H and O–H groups in total. The van der Waals surface area contributed by atoms with E-state index in [0.717, 1.165) is 20.3 Å². The quantitative estimate of drug-likeness (QED) is 0.778. The largest absolute Gasteiger partial charge is 0.378 e. The second kappa shape index (κ2) is 5.99. The van der Waals surface area contributed by atoms with Gasteiger partial charge >= 0.3 is 0 Å². The zero-order valence-corrected chi connectivity index (χ0v) is 12.8. The van der Waals surface area contributed by atoms with Gasteiger partial charge in [0, 0.05) is 15.7 Å². The van der Waals surface area contributed by atoms with E-state index in [4.69, 9.17) is 4.74 Å². The van der Waals surface area contributed by atoms with Crippen LogP contribution in [0.2, 0.25) is 0 Å². The SMILES string of the molecule is Cc1cc(I)cc(C(=O)N2CCOCCN2)c1C. The fraction of sp³-hybridized carbons (Fsp3) is 0.462. The van der Waals surface area contributed by atoms with E-state index in [0.29, 0.717) is 26.3 Å². The number of benzene rings is 1. The maximum atomic E-state index is 12.5. The minimum atomic E-state index is 0.0274. The van der Waals surface area contributed by atoms with Crippen molar-refractivity contribution in [3.05, 3.63) is 32.4 Å². The van der Waals surface area contributed by atoms with E-state index < -0.39 is 0 Å². The Hall–Kier alpha value is -0.660.